The largest absolute Gasteiger partial charge is 0.416 e. The molecule has 1 amide bonds. The molecule has 0 spiro atoms. The van der Waals surface area contributed by atoms with Crippen LogP contribution in [0.2, 0.25) is 0 Å². The topological polar surface area (TPSA) is 59.8 Å². The summed E-state index contributed by atoms with van der Waals surface area (Å²) in [6.07, 6.45) is -4.47. The Bertz CT molecular complexity index is 1150. The van der Waals surface area contributed by atoms with E-state index in [9.17, 15) is 18.0 Å². The van der Waals surface area contributed by atoms with Crippen LogP contribution in [0.5, 0.6) is 0 Å². The summed E-state index contributed by atoms with van der Waals surface area (Å²) < 4.78 is 40.3. The third kappa shape index (κ3) is 5.17. The lowest BCUT2D eigenvalue weighted by atomic mass is 10.2. The Morgan fingerprint density at radius 2 is 1.62 bits per heavy atom. The van der Waals surface area contributed by atoms with E-state index in [2.05, 4.69) is 15.4 Å². The molecule has 1 heterocycles. The molecule has 1 aromatic heterocycles. The maximum Gasteiger partial charge on any atom is 0.416 e. The number of amides is 1. The van der Waals surface area contributed by atoms with Gasteiger partial charge in [-0.15, -0.1) is 5.10 Å². The van der Waals surface area contributed by atoms with E-state index in [4.69, 9.17) is 0 Å². The lowest BCUT2D eigenvalue weighted by Gasteiger charge is -2.09. The molecule has 0 saturated heterocycles. The van der Waals surface area contributed by atoms with Crippen molar-refractivity contribution >= 4 is 23.4 Å². The Balaban J connectivity index is 1.50. The lowest BCUT2D eigenvalue weighted by molar-refractivity contribution is -0.137. The van der Waals surface area contributed by atoms with Crippen LogP contribution in [0.25, 0.3) is 17.1 Å². The van der Waals surface area contributed by atoms with Crippen molar-refractivity contribution in [1.29, 1.82) is 0 Å². The van der Waals surface area contributed by atoms with E-state index in [0.717, 1.165) is 35.1 Å². The molecule has 0 aliphatic heterocycles. The van der Waals surface area contributed by atoms with Crippen LogP contribution < -0.4 is 5.32 Å². The summed E-state index contributed by atoms with van der Waals surface area (Å²) in [6, 6.07) is 23.5. The van der Waals surface area contributed by atoms with Crippen LogP contribution in [0.4, 0.5) is 18.9 Å². The molecule has 1 N–H and O–H groups in total. The molecule has 4 aromatic rings. The highest BCUT2D eigenvalue weighted by Crippen LogP contribution is 2.31. The molecule has 0 fully saturated rings. The monoisotopic (exact) mass is 454 g/mol. The Morgan fingerprint density at radius 3 is 2.31 bits per heavy atom. The average molecular weight is 454 g/mol. The lowest BCUT2D eigenvalue weighted by Crippen LogP contribution is -2.15. The van der Waals surface area contributed by atoms with Gasteiger partial charge in [0.05, 0.1) is 17.0 Å². The second-order valence-electron chi connectivity index (χ2n) is 6.75. The van der Waals surface area contributed by atoms with E-state index in [0.29, 0.717) is 11.0 Å². The third-order valence-electron chi connectivity index (χ3n) is 4.43. The Morgan fingerprint density at radius 1 is 0.938 bits per heavy atom. The predicted octanol–water partition coefficient (Wildman–Crippen LogP) is 5.68. The maximum absolute atomic E-state index is 12.9. The van der Waals surface area contributed by atoms with E-state index >= 15 is 0 Å². The van der Waals surface area contributed by atoms with Crippen molar-refractivity contribution in [3.05, 3.63) is 90.5 Å². The zero-order valence-corrected chi connectivity index (χ0v) is 17.4. The number of benzene rings is 3. The normalized spacial score (nSPS) is 11.3. The molecular formula is C23H17F3N4OS. The van der Waals surface area contributed by atoms with Gasteiger partial charge in [-0.1, -0.05) is 66.4 Å². The Hall–Kier alpha value is -3.59. The highest BCUT2D eigenvalue weighted by Gasteiger charge is 2.30. The number of hydrogen-bond donors (Lipinski definition) is 1. The number of carbonyl (C=O) groups is 1. The van der Waals surface area contributed by atoms with Gasteiger partial charge in [0.15, 0.2) is 5.82 Å². The van der Waals surface area contributed by atoms with E-state index in [1.807, 2.05) is 60.7 Å². The molecular weight excluding hydrogens is 437 g/mol. The molecule has 32 heavy (non-hydrogen) atoms. The van der Waals surface area contributed by atoms with Crippen LogP contribution in [0.3, 0.4) is 0 Å². The predicted molar refractivity (Wildman–Crippen MR) is 118 cm³/mol. The van der Waals surface area contributed by atoms with Crippen LogP contribution in [0.15, 0.2) is 90.1 Å². The van der Waals surface area contributed by atoms with Gasteiger partial charge in [0.25, 0.3) is 0 Å². The van der Waals surface area contributed by atoms with Crippen LogP contribution >= 0.6 is 11.8 Å². The summed E-state index contributed by atoms with van der Waals surface area (Å²) >= 11 is 1.10. The van der Waals surface area contributed by atoms with Crippen LogP contribution in [0, 0.1) is 0 Å². The van der Waals surface area contributed by atoms with Gasteiger partial charge < -0.3 is 5.32 Å². The van der Waals surface area contributed by atoms with Gasteiger partial charge >= 0.3 is 6.18 Å². The van der Waals surface area contributed by atoms with Gasteiger partial charge in [-0.25, -0.2) is 9.67 Å². The number of anilines is 1. The molecule has 0 radical (unpaired) electrons. The molecule has 0 aliphatic rings. The first-order chi connectivity index (χ1) is 15.4. The van der Waals surface area contributed by atoms with Crippen molar-refractivity contribution in [2.45, 2.75) is 11.3 Å². The summed E-state index contributed by atoms with van der Waals surface area (Å²) in [6.45, 7) is 0. The van der Waals surface area contributed by atoms with Crippen molar-refractivity contribution < 1.29 is 18.0 Å². The number of nitrogens with one attached hydrogen (secondary N) is 1. The average Bonchev–Trinajstić information content (AvgIpc) is 3.23. The number of para-hydroxylation sites is 1. The van der Waals surface area contributed by atoms with E-state index in [1.165, 1.54) is 12.1 Å². The van der Waals surface area contributed by atoms with E-state index < -0.39 is 17.6 Å². The van der Waals surface area contributed by atoms with Crippen molar-refractivity contribution in [3.63, 3.8) is 0 Å². The fraction of sp³-hybridized carbons (Fsp3) is 0.0870. The zero-order valence-electron chi connectivity index (χ0n) is 16.6. The number of hydrogen-bond acceptors (Lipinski definition) is 4. The van der Waals surface area contributed by atoms with E-state index in [-0.39, 0.29) is 11.4 Å². The van der Waals surface area contributed by atoms with Gasteiger partial charge in [-0.05, 0) is 30.3 Å². The highest BCUT2D eigenvalue weighted by atomic mass is 32.2. The van der Waals surface area contributed by atoms with Crippen LogP contribution in [-0.4, -0.2) is 26.4 Å². The van der Waals surface area contributed by atoms with Crippen molar-refractivity contribution in [1.82, 2.24) is 14.8 Å². The third-order valence-corrected chi connectivity index (χ3v) is 5.26. The summed E-state index contributed by atoms with van der Waals surface area (Å²) in [5.41, 5.74) is 0.945. The van der Waals surface area contributed by atoms with Gasteiger partial charge in [-0.3, -0.25) is 4.79 Å². The molecule has 9 heteroatoms. The van der Waals surface area contributed by atoms with Gasteiger partial charge in [0, 0.05) is 11.3 Å². The number of nitrogens with zero attached hydrogens (tertiary/aromatic N) is 3. The number of rotatable bonds is 6. The SMILES string of the molecule is O=C(CSc1nc(-c2ccccc2)n(-c2ccccc2)n1)Nc1cccc(C(F)(F)F)c1. The summed E-state index contributed by atoms with van der Waals surface area (Å²) in [5.74, 6) is 0.118. The van der Waals surface area contributed by atoms with Gasteiger partial charge in [0.1, 0.15) is 0 Å². The summed E-state index contributed by atoms with van der Waals surface area (Å²) in [5, 5.41) is 7.39. The fourth-order valence-corrected chi connectivity index (χ4v) is 3.60. The second-order valence-corrected chi connectivity index (χ2v) is 7.69. The molecule has 0 aliphatic carbocycles. The smallest absolute Gasteiger partial charge is 0.325 e. The second kappa shape index (κ2) is 9.27. The molecule has 0 bridgehead atoms. The molecule has 0 saturated carbocycles. The molecule has 5 nitrogen and oxygen atoms in total. The Labute approximate surface area is 186 Å². The molecule has 0 atom stereocenters. The first kappa shape index (κ1) is 21.6. The minimum absolute atomic E-state index is 0.0523. The van der Waals surface area contributed by atoms with Gasteiger partial charge in [-0.2, -0.15) is 13.2 Å². The van der Waals surface area contributed by atoms with Crippen LogP contribution in [0.1, 0.15) is 5.56 Å². The van der Waals surface area contributed by atoms with Crippen LogP contribution in [-0.2, 0) is 11.0 Å². The number of carbonyl (C=O) groups excluding carboxylic acids is 1. The molecule has 162 valence electrons. The number of alkyl halides is 3. The molecule has 0 unspecified atom stereocenters. The number of aromatic nitrogens is 3. The van der Waals surface area contributed by atoms with Crippen molar-refractivity contribution in [2.75, 3.05) is 11.1 Å². The highest BCUT2D eigenvalue weighted by molar-refractivity contribution is 7.99. The zero-order chi connectivity index (χ0) is 22.6. The summed E-state index contributed by atoms with van der Waals surface area (Å²) in [7, 11) is 0. The van der Waals surface area contributed by atoms with Crippen molar-refractivity contribution in [3.8, 4) is 17.1 Å². The van der Waals surface area contributed by atoms with Crippen molar-refractivity contribution in [2.24, 2.45) is 0 Å². The quantitative estimate of drug-likeness (QED) is 0.381. The first-order valence-electron chi connectivity index (χ1n) is 9.58. The first-order valence-corrected chi connectivity index (χ1v) is 10.6. The molecule has 4 rings (SSSR count). The Kier molecular flexibility index (Phi) is 6.27. The minimum atomic E-state index is -4.47. The van der Waals surface area contributed by atoms with E-state index in [1.54, 1.807) is 4.68 Å². The number of halogens is 3. The maximum atomic E-state index is 12.9. The molecule has 3 aromatic carbocycles. The van der Waals surface area contributed by atoms with Gasteiger partial charge in [0.2, 0.25) is 11.1 Å². The standard InChI is InChI=1S/C23H17F3N4OS/c24-23(25,26)17-10-7-11-18(14-17)27-20(31)15-32-22-28-21(16-8-3-1-4-9-16)30(29-22)19-12-5-2-6-13-19/h1-14H,15H2,(H,27,31). The summed E-state index contributed by atoms with van der Waals surface area (Å²) in [4.78, 5) is 16.9. The fourth-order valence-electron chi connectivity index (χ4n) is 2.98. The minimum Gasteiger partial charge on any atom is -0.325 e. The number of thioether (sulfide) groups is 1.